The zero-order chi connectivity index (χ0) is 24.9. The molecule has 0 heterocycles. The van der Waals surface area contributed by atoms with Crippen molar-refractivity contribution in [2.45, 2.75) is 84.7 Å². The molecule has 1 atom stereocenters. The molecule has 0 saturated carbocycles. The smallest absolute Gasteiger partial charge is 0.225 e. The molecule has 3 nitrogen and oxygen atoms in total. The molecule has 0 N–H and O–H groups in total. The molecule has 0 saturated heterocycles. The standard InChI is InChI=1S/C29H42O3Si2/c1-18(2)27(5,6)33-31-23-11-9-20-15-29(17-22(20)13-23)16-21-10-12-24(14-25(21)26(29)30)32-34-28(7,8)19(3)4/h9-14,18-19H,15-17,33-34H2,1-8H3. The molecule has 1 spiro atoms. The molecule has 0 bridgehead atoms. The highest BCUT2D eigenvalue weighted by Gasteiger charge is 2.49. The fourth-order valence-corrected chi connectivity index (χ4v) is 6.82. The van der Waals surface area contributed by atoms with Crippen molar-refractivity contribution in [3.05, 3.63) is 58.7 Å². The predicted octanol–water partition coefficient (Wildman–Crippen LogP) is 5.84. The Morgan fingerprint density at radius 2 is 1.21 bits per heavy atom. The molecule has 0 radical (unpaired) electrons. The van der Waals surface area contributed by atoms with E-state index < -0.39 is 19.5 Å². The van der Waals surface area contributed by atoms with Crippen molar-refractivity contribution in [3.63, 3.8) is 0 Å². The van der Waals surface area contributed by atoms with Gasteiger partial charge in [0.05, 0.1) is 0 Å². The van der Waals surface area contributed by atoms with Crippen LogP contribution in [0.1, 0.15) is 82.4 Å². The number of benzene rings is 2. The maximum absolute atomic E-state index is 13.7. The van der Waals surface area contributed by atoms with E-state index >= 15 is 0 Å². The number of hydrogen-bond acceptors (Lipinski definition) is 3. The number of carbonyl (C=O) groups excluding carboxylic acids is 1. The maximum Gasteiger partial charge on any atom is 0.225 e. The van der Waals surface area contributed by atoms with Crippen molar-refractivity contribution in [1.82, 2.24) is 0 Å². The topological polar surface area (TPSA) is 35.5 Å². The Balaban J connectivity index is 1.47. The van der Waals surface area contributed by atoms with Crippen molar-refractivity contribution >= 4 is 25.3 Å². The van der Waals surface area contributed by atoms with E-state index in [4.69, 9.17) is 8.85 Å². The Kier molecular flexibility index (Phi) is 6.67. The first-order valence-electron chi connectivity index (χ1n) is 12.9. The molecule has 2 aliphatic carbocycles. The second kappa shape index (κ2) is 8.98. The van der Waals surface area contributed by atoms with E-state index in [1.54, 1.807) is 0 Å². The predicted molar refractivity (Wildman–Crippen MR) is 147 cm³/mol. The number of Topliss-reactive ketones (excluding diaryl/α,β-unsaturated/α-hetero) is 1. The number of fused-ring (bicyclic) bond motifs is 2. The number of carbonyl (C=O) groups is 1. The monoisotopic (exact) mass is 494 g/mol. The third-order valence-corrected chi connectivity index (χ3v) is 13.0. The van der Waals surface area contributed by atoms with E-state index in [0.29, 0.717) is 17.6 Å². The summed E-state index contributed by atoms with van der Waals surface area (Å²) in [7, 11) is -1.46. The fraction of sp³-hybridized carbons (Fsp3) is 0.552. The third kappa shape index (κ3) is 4.79. The molecule has 0 aliphatic heterocycles. The molecular formula is C29H42O3Si2. The van der Waals surface area contributed by atoms with Gasteiger partial charge < -0.3 is 8.85 Å². The average Bonchev–Trinajstić information content (AvgIpc) is 3.26. The van der Waals surface area contributed by atoms with Gasteiger partial charge in [0.25, 0.3) is 0 Å². The Morgan fingerprint density at radius 1 is 0.735 bits per heavy atom. The summed E-state index contributed by atoms with van der Waals surface area (Å²) in [6, 6.07) is 12.7. The van der Waals surface area contributed by atoms with Gasteiger partial charge in [0.2, 0.25) is 19.5 Å². The zero-order valence-corrected chi connectivity index (χ0v) is 25.2. The molecule has 2 aromatic rings. The second-order valence-corrected chi connectivity index (χ2v) is 17.6. The molecule has 34 heavy (non-hydrogen) atoms. The fourth-order valence-electron chi connectivity index (χ4n) is 4.72. The lowest BCUT2D eigenvalue weighted by Gasteiger charge is -2.28. The summed E-state index contributed by atoms with van der Waals surface area (Å²) in [6.07, 6.45) is 2.47. The average molecular weight is 495 g/mol. The molecule has 0 amide bonds. The first-order chi connectivity index (χ1) is 15.8. The van der Waals surface area contributed by atoms with Crippen LogP contribution < -0.4 is 8.85 Å². The van der Waals surface area contributed by atoms with Crippen molar-refractivity contribution in [2.75, 3.05) is 0 Å². The Morgan fingerprint density at radius 3 is 1.76 bits per heavy atom. The van der Waals surface area contributed by atoms with Crippen molar-refractivity contribution < 1.29 is 13.6 Å². The van der Waals surface area contributed by atoms with Gasteiger partial charge in [-0.3, -0.25) is 4.79 Å². The number of hydrogen-bond donors (Lipinski definition) is 0. The Hall–Kier alpha value is -1.86. The van der Waals surface area contributed by atoms with Gasteiger partial charge in [-0.1, -0.05) is 67.5 Å². The van der Waals surface area contributed by atoms with E-state index in [-0.39, 0.29) is 15.5 Å². The zero-order valence-electron chi connectivity index (χ0n) is 22.4. The SMILES string of the molecule is CC(C)C(C)(C)[SiH2]Oc1ccc2c(c1)CC1(C2)Cc2ccc(O[SiH2]C(C)(C)C(C)C)cc2C1=O. The van der Waals surface area contributed by atoms with Gasteiger partial charge in [-0.05, 0) is 82.1 Å². The highest BCUT2D eigenvalue weighted by atomic mass is 28.2. The first-order valence-corrected chi connectivity index (χ1v) is 15.4. The van der Waals surface area contributed by atoms with Crippen LogP contribution in [0.15, 0.2) is 36.4 Å². The van der Waals surface area contributed by atoms with Crippen LogP contribution in [-0.4, -0.2) is 25.3 Å². The molecule has 2 aliphatic rings. The molecular weight excluding hydrogens is 452 g/mol. The quantitative estimate of drug-likeness (QED) is 0.432. The minimum Gasteiger partial charge on any atom is -0.549 e. The lowest BCUT2D eigenvalue weighted by Crippen LogP contribution is -2.28. The van der Waals surface area contributed by atoms with Crippen LogP contribution in [-0.2, 0) is 19.3 Å². The van der Waals surface area contributed by atoms with Crippen LogP contribution in [0.25, 0.3) is 0 Å². The minimum atomic E-state index is -0.755. The van der Waals surface area contributed by atoms with E-state index in [0.717, 1.165) is 36.3 Å². The largest absolute Gasteiger partial charge is 0.549 e. The van der Waals surface area contributed by atoms with E-state index in [2.05, 4.69) is 85.7 Å². The highest BCUT2D eigenvalue weighted by Crippen LogP contribution is 2.48. The van der Waals surface area contributed by atoms with Crippen molar-refractivity contribution in [1.29, 1.82) is 0 Å². The van der Waals surface area contributed by atoms with Gasteiger partial charge in [-0.25, -0.2) is 0 Å². The van der Waals surface area contributed by atoms with Crippen molar-refractivity contribution in [3.8, 4) is 11.5 Å². The van der Waals surface area contributed by atoms with Gasteiger partial charge in [0.1, 0.15) is 11.5 Å². The van der Waals surface area contributed by atoms with Crippen LogP contribution >= 0.6 is 0 Å². The number of ketones is 1. The van der Waals surface area contributed by atoms with E-state index in [1.807, 2.05) is 6.07 Å². The summed E-state index contributed by atoms with van der Waals surface area (Å²) in [5.41, 5.74) is 4.32. The van der Waals surface area contributed by atoms with E-state index in [1.165, 1.54) is 16.7 Å². The second-order valence-electron chi connectivity index (χ2n) is 12.8. The van der Waals surface area contributed by atoms with Gasteiger partial charge in [-0.2, -0.15) is 0 Å². The normalized spacial score (nSPS) is 20.5. The lowest BCUT2D eigenvalue weighted by atomic mass is 9.81. The Bertz CT molecular complexity index is 1080. The molecule has 1 unspecified atom stereocenters. The van der Waals surface area contributed by atoms with Crippen LogP contribution in [0.3, 0.4) is 0 Å². The summed E-state index contributed by atoms with van der Waals surface area (Å²) in [4.78, 5) is 13.7. The first kappa shape index (κ1) is 25.2. The van der Waals surface area contributed by atoms with Crippen LogP contribution in [0.5, 0.6) is 11.5 Å². The van der Waals surface area contributed by atoms with Gasteiger partial charge in [0.15, 0.2) is 5.78 Å². The summed E-state index contributed by atoms with van der Waals surface area (Å²) in [5.74, 6) is 3.34. The lowest BCUT2D eigenvalue weighted by molar-refractivity contribution is 0.0831. The molecule has 184 valence electrons. The summed E-state index contributed by atoms with van der Waals surface area (Å²) in [5, 5.41) is 0.487. The Labute approximate surface area is 210 Å². The summed E-state index contributed by atoms with van der Waals surface area (Å²) >= 11 is 0. The van der Waals surface area contributed by atoms with Crippen LogP contribution in [0.4, 0.5) is 0 Å². The van der Waals surface area contributed by atoms with Crippen LogP contribution in [0.2, 0.25) is 10.1 Å². The molecule has 2 aromatic carbocycles. The molecule has 5 heteroatoms. The minimum absolute atomic E-state index is 0.227. The van der Waals surface area contributed by atoms with Gasteiger partial charge in [-0.15, -0.1) is 0 Å². The molecule has 0 aromatic heterocycles. The van der Waals surface area contributed by atoms with Gasteiger partial charge in [0, 0.05) is 11.0 Å². The van der Waals surface area contributed by atoms with E-state index in [9.17, 15) is 4.79 Å². The number of rotatable bonds is 8. The maximum atomic E-state index is 13.7. The van der Waals surface area contributed by atoms with Crippen LogP contribution in [0, 0.1) is 17.3 Å². The summed E-state index contributed by atoms with van der Waals surface area (Å²) < 4.78 is 12.6. The molecule has 0 fully saturated rings. The third-order valence-electron chi connectivity index (χ3n) is 8.92. The summed E-state index contributed by atoms with van der Waals surface area (Å²) in [6.45, 7) is 18.3. The highest BCUT2D eigenvalue weighted by molar-refractivity contribution is 6.33. The van der Waals surface area contributed by atoms with Crippen molar-refractivity contribution in [2.24, 2.45) is 17.3 Å². The van der Waals surface area contributed by atoms with Gasteiger partial charge >= 0.3 is 0 Å². The molecule has 4 rings (SSSR count).